The molecule has 1 aromatic heterocycles. The Morgan fingerprint density at radius 1 is 1.41 bits per heavy atom. The van der Waals surface area contributed by atoms with Gasteiger partial charge in [-0.05, 0) is 73.1 Å². The van der Waals surface area contributed by atoms with Crippen LogP contribution in [0.1, 0.15) is 55.8 Å². The summed E-state index contributed by atoms with van der Waals surface area (Å²) in [5, 5.41) is 0.967. The van der Waals surface area contributed by atoms with Gasteiger partial charge in [0.1, 0.15) is 0 Å². The fourth-order valence-electron chi connectivity index (χ4n) is 4.84. The molecule has 3 unspecified atom stereocenters. The molecule has 2 nitrogen and oxygen atoms in total. The van der Waals surface area contributed by atoms with Gasteiger partial charge in [0.05, 0.1) is 6.33 Å². The third-order valence-corrected chi connectivity index (χ3v) is 6.33. The lowest BCUT2D eigenvalue weighted by molar-refractivity contribution is 0.219. The van der Waals surface area contributed by atoms with Crippen molar-refractivity contribution in [3.05, 3.63) is 52.6 Å². The Labute approximate surface area is 137 Å². The van der Waals surface area contributed by atoms with Crippen molar-refractivity contribution in [2.24, 2.45) is 5.92 Å². The number of aryl methyl sites for hydroxylation is 1. The van der Waals surface area contributed by atoms with Crippen molar-refractivity contribution in [2.75, 3.05) is 0 Å². The second-order valence-corrected chi connectivity index (χ2v) is 7.80. The Morgan fingerprint density at radius 2 is 2.27 bits per heavy atom. The first-order chi connectivity index (χ1) is 10.6. The van der Waals surface area contributed by atoms with Crippen LogP contribution in [0.4, 0.5) is 0 Å². The number of halogens is 1. The van der Waals surface area contributed by atoms with Crippen LogP contribution in [0.25, 0.3) is 0 Å². The van der Waals surface area contributed by atoms with Crippen LogP contribution >= 0.6 is 11.6 Å². The molecule has 116 valence electrons. The van der Waals surface area contributed by atoms with Crippen LogP contribution in [0.3, 0.4) is 0 Å². The van der Waals surface area contributed by atoms with E-state index in [0.717, 1.165) is 11.4 Å². The molecule has 0 saturated carbocycles. The lowest BCUT2D eigenvalue weighted by Crippen LogP contribution is -2.38. The maximum absolute atomic E-state index is 6.60. The summed E-state index contributed by atoms with van der Waals surface area (Å²) in [7, 11) is 0. The molecular weight excluding hydrogens is 292 g/mol. The van der Waals surface area contributed by atoms with Crippen molar-refractivity contribution in [3.63, 3.8) is 0 Å². The molecular formula is C19H23ClN2. The van der Waals surface area contributed by atoms with Gasteiger partial charge in [-0.2, -0.15) is 0 Å². The summed E-state index contributed by atoms with van der Waals surface area (Å²) in [5.74, 6) is 0.623. The second kappa shape index (κ2) is 5.13. The van der Waals surface area contributed by atoms with Crippen molar-refractivity contribution >= 4 is 11.6 Å². The number of imidazole rings is 1. The highest BCUT2D eigenvalue weighted by atomic mass is 35.5. The molecule has 4 rings (SSSR count). The number of rotatable bonds is 2. The standard InChI is InChI=1S/C19H23ClN2/c1-13(22-9-8-21-12-22)15-10-16-17(20)6-5-14-4-3-7-19(2,11-15)18(14)16/h5-6,8-9,12-13,15H,3-4,7,10-11H2,1-2H3. The summed E-state index contributed by atoms with van der Waals surface area (Å²) in [6, 6.07) is 4.85. The maximum Gasteiger partial charge on any atom is 0.0948 e. The van der Waals surface area contributed by atoms with E-state index in [1.807, 2.05) is 12.5 Å². The minimum absolute atomic E-state index is 0.297. The number of hydrogen-bond acceptors (Lipinski definition) is 1. The zero-order chi connectivity index (χ0) is 15.3. The van der Waals surface area contributed by atoms with Gasteiger partial charge < -0.3 is 4.57 Å². The van der Waals surface area contributed by atoms with Crippen molar-refractivity contribution < 1.29 is 0 Å². The summed E-state index contributed by atoms with van der Waals surface area (Å²) in [6.45, 7) is 4.78. The Balaban J connectivity index is 1.78. The monoisotopic (exact) mass is 314 g/mol. The molecule has 3 heteroatoms. The number of hydrogen-bond donors (Lipinski definition) is 0. The SMILES string of the molecule is CC(C1Cc2c(Cl)ccc3c2C(C)(CCC3)C1)n1ccnc1. The smallest absolute Gasteiger partial charge is 0.0948 e. The fourth-order valence-corrected chi connectivity index (χ4v) is 5.07. The summed E-state index contributed by atoms with van der Waals surface area (Å²) < 4.78 is 2.25. The van der Waals surface area contributed by atoms with Gasteiger partial charge in [0.15, 0.2) is 0 Å². The van der Waals surface area contributed by atoms with E-state index in [0.29, 0.717) is 17.4 Å². The van der Waals surface area contributed by atoms with E-state index in [4.69, 9.17) is 11.6 Å². The summed E-state index contributed by atoms with van der Waals surface area (Å²) in [5.41, 5.74) is 4.85. The molecule has 22 heavy (non-hydrogen) atoms. The highest BCUT2D eigenvalue weighted by molar-refractivity contribution is 6.31. The molecule has 1 aromatic carbocycles. The zero-order valence-electron chi connectivity index (χ0n) is 13.3. The molecule has 0 bridgehead atoms. The van der Waals surface area contributed by atoms with E-state index < -0.39 is 0 Å². The van der Waals surface area contributed by atoms with E-state index in [-0.39, 0.29) is 0 Å². The van der Waals surface area contributed by atoms with Gasteiger partial charge in [-0.25, -0.2) is 4.98 Å². The first-order valence-corrected chi connectivity index (χ1v) is 8.74. The number of benzene rings is 1. The molecule has 0 fully saturated rings. The molecule has 3 atom stereocenters. The van der Waals surface area contributed by atoms with E-state index in [1.54, 1.807) is 11.1 Å². The molecule has 0 radical (unpaired) electrons. The van der Waals surface area contributed by atoms with Crippen LogP contribution in [-0.2, 0) is 18.3 Å². The summed E-state index contributed by atoms with van der Waals surface area (Å²) in [4.78, 5) is 4.22. The predicted octanol–water partition coefficient (Wildman–Crippen LogP) is 4.95. The van der Waals surface area contributed by atoms with Crippen LogP contribution in [0, 0.1) is 5.92 Å². The topological polar surface area (TPSA) is 17.8 Å². The Bertz CT molecular complexity index is 692. The average Bonchev–Trinajstić information content (AvgIpc) is 3.03. The van der Waals surface area contributed by atoms with Crippen LogP contribution < -0.4 is 0 Å². The van der Waals surface area contributed by atoms with E-state index >= 15 is 0 Å². The largest absolute Gasteiger partial charge is 0.334 e. The molecule has 0 saturated heterocycles. The third-order valence-electron chi connectivity index (χ3n) is 5.98. The van der Waals surface area contributed by atoms with Crippen LogP contribution in [0.15, 0.2) is 30.9 Å². The normalized spacial score (nSPS) is 28.2. The quantitative estimate of drug-likeness (QED) is 0.766. The molecule has 0 aliphatic heterocycles. The molecule has 2 aromatic rings. The van der Waals surface area contributed by atoms with Gasteiger partial charge in [-0.15, -0.1) is 0 Å². The van der Waals surface area contributed by atoms with Crippen LogP contribution in [0.5, 0.6) is 0 Å². The molecule has 0 amide bonds. The Morgan fingerprint density at radius 3 is 3.05 bits per heavy atom. The number of aromatic nitrogens is 2. The lowest BCUT2D eigenvalue weighted by atomic mass is 9.60. The highest BCUT2D eigenvalue weighted by Crippen LogP contribution is 2.51. The van der Waals surface area contributed by atoms with Gasteiger partial charge in [-0.1, -0.05) is 24.6 Å². The van der Waals surface area contributed by atoms with Gasteiger partial charge in [0, 0.05) is 23.5 Å². The molecule has 1 heterocycles. The lowest BCUT2D eigenvalue weighted by Gasteiger charge is -2.46. The van der Waals surface area contributed by atoms with Gasteiger partial charge >= 0.3 is 0 Å². The molecule has 2 aliphatic carbocycles. The molecule has 0 N–H and O–H groups in total. The average molecular weight is 315 g/mol. The zero-order valence-corrected chi connectivity index (χ0v) is 14.1. The van der Waals surface area contributed by atoms with E-state index in [1.165, 1.54) is 31.2 Å². The first kappa shape index (κ1) is 14.3. The Kier molecular flexibility index (Phi) is 3.34. The predicted molar refractivity (Wildman–Crippen MR) is 90.5 cm³/mol. The molecule has 2 aliphatic rings. The van der Waals surface area contributed by atoms with Gasteiger partial charge in [0.25, 0.3) is 0 Å². The van der Waals surface area contributed by atoms with Crippen molar-refractivity contribution in [1.82, 2.24) is 9.55 Å². The number of nitrogens with zero attached hydrogens (tertiary/aromatic N) is 2. The summed E-state index contributed by atoms with van der Waals surface area (Å²) >= 11 is 6.60. The van der Waals surface area contributed by atoms with Crippen molar-refractivity contribution in [1.29, 1.82) is 0 Å². The molecule has 0 spiro atoms. The van der Waals surface area contributed by atoms with E-state index in [2.05, 4.69) is 41.7 Å². The Hall–Kier alpha value is -1.28. The van der Waals surface area contributed by atoms with Gasteiger partial charge in [0.2, 0.25) is 0 Å². The van der Waals surface area contributed by atoms with Crippen molar-refractivity contribution in [2.45, 2.75) is 57.4 Å². The first-order valence-electron chi connectivity index (χ1n) is 8.37. The summed E-state index contributed by atoms with van der Waals surface area (Å²) in [6.07, 6.45) is 12.1. The van der Waals surface area contributed by atoms with E-state index in [9.17, 15) is 0 Å². The fraction of sp³-hybridized carbons (Fsp3) is 0.526. The van der Waals surface area contributed by atoms with Crippen LogP contribution in [0.2, 0.25) is 5.02 Å². The minimum Gasteiger partial charge on any atom is -0.334 e. The highest BCUT2D eigenvalue weighted by Gasteiger charge is 2.42. The van der Waals surface area contributed by atoms with Crippen LogP contribution in [-0.4, -0.2) is 9.55 Å². The third kappa shape index (κ3) is 2.11. The minimum atomic E-state index is 0.297. The maximum atomic E-state index is 6.60. The van der Waals surface area contributed by atoms with Gasteiger partial charge in [-0.3, -0.25) is 0 Å². The van der Waals surface area contributed by atoms with Crippen molar-refractivity contribution in [3.8, 4) is 0 Å². The second-order valence-electron chi connectivity index (χ2n) is 7.39.